The van der Waals surface area contributed by atoms with E-state index in [4.69, 9.17) is 16.3 Å². The maximum absolute atomic E-state index is 13.9. The fraction of sp³-hybridized carbons (Fsp3) is 0.0968. The molecule has 1 heterocycles. The first-order valence-electron chi connectivity index (χ1n) is 11.9. The molecule has 1 N–H and O–H groups in total. The van der Waals surface area contributed by atoms with Crippen molar-refractivity contribution < 1.29 is 23.8 Å². The second-order valence-electron chi connectivity index (χ2n) is 8.93. The molecule has 4 aromatic carbocycles. The number of carbonyl (C=O) groups excluding carboxylic acids is 2. The summed E-state index contributed by atoms with van der Waals surface area (Å²) in [6.07, 6.45) is 0. The third-order valence-electron chi connectivity index (χ3n) is 6.43. The third kappa shape index (κ3) is 4.78. The van der Waals surface area contributed by atoms with Gasteiger partial charge in [-0.25, -0.2) is 4.39 Å². The second-order valence-corrected chi connectivity index (χ2v) is 9.34. The summed E-state index contributed by atoms with van der Waals surface area (Å²) in [5.74, 6) is -2.02. The summed E-state index contributed by atoms with van der Waals surface area (Å²) in [5, 5.41) is 11.2. The van der Waals surface area contributed by atoms with Crippen LogP contribution >= 0.6 is 11.6 Å². The lowest BCUT2D eigenvalue weighted by Crippen LogP contribution is -2.29. The van der Waals surface area contributed by atoms with Crippen LogP contribution in [0.4, 0.5) is 10.1 Å². The van der Waals surface area contributed by atoms with Gasteiger partial charge in [0.25, 0.3) is 11.7 Å². The molecule has 1 atom stereocenters. The minimum atomic E-state index is -0.938. The molecule has 5 rings (SSSR count). The van der Waals surface area contributed by atoms with Crippen LogP contribution in [-0.4, -0.2) is 16.8 Å². The number of aliphatic hydroxyl groups is 1. The molecule has 0 bridgehead atoms. The highest BCUT2D eigenvalue weighted by molar-refractivity contribution is 6.51. The van der Waals surface area contributed by atoms with Gasteiger partial charge in [0.15, 0.2) is 0 Å². The van der Waals surface area contributed by atoms with Gasteiger partial charge in [-0.15, -0.1) is 0 Å². The fourth-order valence-corrected chi connectivity index (χ4v) is 4.71. The highest BCUT2D eigenvalue weighted by atomic mass is 35.5. The molecule has 1 unspecified atom stereocenters. The zero-order valence-corrected chi connectivity index (χ0v) is 21.2. The molecule has 0 aromatic heterocycles. The second kappa shape index (κ2) is 10.5. The largest absolute Gasteiger partial charge is 0.507 e. The lowest BCUT2D eigenvalue weighted by Gasteiger charge is -2.25. The van der Waals surface area contributed by atoms with Gasteiger partial charge in [-0.3, -0.25) is 14.5 Å². The van der Waals surface area contributed by atoms with Crippen molar-refractivity contribution in [1.29, 1.82) is 0 Å². The highest BCUT2D eigenvalue weighted by Gasteiger charge is 2.47. The molecule has 0 radical (unpaired) electrons. The molecular weight excluding hydrogens is 505 g/mol. The lowest BCUT2D eigenvalue weighted by molar-refractivity contribution is -0.132. The van der Waals surface area contributed by atoms with Gasteiger partial charge in [0.1, 0.15) is 23.9 Å². The van der Waals surface area contributed by atoms with Crippen LogP contribution in [0, 0.1) is 12.7 Å². The van der Waals surface area contributed by atoms with Gasteiger partial charge >= 0.3 is 0 Å². The van der Waals surface area contributed by atoms with Gasteiger partial charge in [0.2, 0.25) is 0 Å². The van der Waals surface area contributed by atoms with E-state index in [1.54, 1.807) is 42.5 Å². The summed E-state index contributed by atoms with van der Waals surface area (Å²) in [6.45, 7) is 2.22. The molecule has 190 valence electrons. The minimum absolute atomic E-state index is 0.0704. The summed E-state index contributed by atoms with van der Waals surface area (Å²) in [4.78, 5) is 27.8. The van der Waals surface area contributed by atoms with Crippen molar-refractivity contribution in [1.82, 2.24) is 0 Å². The monoisotopic (exact) mass is 527 g/mol. The molecule has 1 saturated heterocycles. The van der Waals surface area contributed by atoms with Crippen molar-refractivity contribution in [2.24, 2.45) is 0 Å². The van der Waals surface area contributed by atoms with E-state index in [9.17, 15) is 19.1 Å². The maximum Gasteiger partial charge on any atom is 0.300 e. The van der Waals surface area contributed by atoms with E-state index in [-0.39, 0.29) is 22.0 Å². The Morgan fingerprint density at radius 3 is 2.29 bits per heavy atom. The predicted octanol–water partition coefficient (Wildman–Crippen LogP) is 6.99. The molecule has 1 aliphatic heterocycles. The molecule has 0 aliphatic carbocycles. The zero-order valence-electron chi connectivity index (χ0n) is 20.4. The smallest absolute Gasteiger partial charge is 0.300 e. The number of hydrogen-bond acceptors (Lipinski definition) is 4. The van der Waals surface area contributed by atoms with E-state index >= 15 is 0 Å². The van der Waals surface area contributed by atoms with Gasteiger partial charge < -0.3 is 9.84 Å². The van der Waals surface area contributed by atoms with Gasteiger partial charge in [-0.1, -0.05) is 72.3 Å². The first-order chi connectivity index (χ1) is 18.3. The number of ketones is 1. The Balaban J connectivity index is 1.55. The zero-order chi connectivity index (χ0) is 26.8. The maximum atomic E-state index is 13.9. The number of hydrogen-bond donors (Lipinski definition) is 1. The Morgan fingerprint density at radius 1 is 0.947 bits per heavy atom. The first kappa shape index (κ1) is 25.2. The van der Waals surface area contributed by atoms with E-state index in [2.05, 4.69) is 0 Å². The predicted molar refractivity (Wildman–Crippen MR) is 145 cm³/mol. The van der Waals surface area contributed by atoms with Crippen LogP contribution in [0.25, 0.3) is 5.76 Å². The van der Waals surface area contributed by atoms with E-state index in [1.165, 1.54) is 17.0 Å². The Bertz CT molecular complexity index is 1550. The van der Waals surface area contributed by atoms with Crippen LogP contribution < -0.4 is 9.64 Å². The molecule has 0 saturated carbocycles. The first-order valence-corrected chi connectivity index (χ1v) is 12.3. The normalized spacial score (nSPS) is 16.6. The average molecular weight is 528 g/mol. The van der Waals surface area contributed by atoms with Crippen molar-refractivity contribution in [2.45, 2.75) is 19.6 Å². The van der Waals surface area contributed by atoms with Crippen LogP contribution in [-0.2, 0) is 16.2 Å². The number of ether oxygens (including phenoxy) is 1. The Morgan fingerprint density at radius 2 is 1.63 bits per heavy atom. The number of Topliss-reactive ketones (excluding diaryl/α,β-unsaturated/α-hetero) is 1. The minimum Gasteiger partial charge on any atom is -0.507 e. The molecular formula is C31H23ClFNO4. The Hall–Kier alpha value is -4.42. The van der Waals surface area contributed by atoms with Crippen LogP contribution in [0.15, 0.2) is 103 Å². The van der Waals surface area contributed by atoms with Crippen LogP contribution in [0.2, 0.25) is 5.02 Å². The lowest BCUT2D eigenvalue weighted by atomic mass is 9.94. The molecule has 38 heavy (non-hydrogen) atoms. The van der Waals surface area contributed by atoms with Crippen molar-refractivity contribution in [3.63, 3.8) is 0 Å². The van der Waals surface area contributed by atoms with Crippen molar-refractivity contribution in [3.05, 3.63) is 136 Å². The highest BCUT2D eigenvalue weighted by Crippen LogP contribution is 2.43. The molecule has 1 fully saturated rings. The number of rotatable bonds is 6. The van der Waals surface area contributed by atoms with E-state index in [0.29, 0.717) is 23.5 Å². The number of anilines is 1. The summed E-state index contributed by atoms with van der Waals surface area (Å²) in [5.41, 5.74) is 2.91. The number of aryl methyl sites for hydroxylation is 1. The van der Waals surface area contributed by atoms with Crippen molar-refractivity contribution in [2.75, 3.05) is 4.90 Å². The standard InChI is InChI=1S/C31H23ClFNO4/c1-19-16-22(12-15-26(19)38-18-20-8-4-2-5-9-20)29(35)27-28(21-10-6-3-7-11-21)34(31(37)30(27)36)23-13-14-25(33)24(32)17-23/h2-17,28,35H,18H2,1H3/b29-27+. The molecule has 7 heteroatoms. The van der Waals surface area contributed by atoms with Crippen LogP contribution in [0.1, 0.15) is 28.3 Å². The summed E-state index contributed by atoms with van der Waals surface area (Å²) < 4.78 is 19.8. The van der Waals surface area contributed by atoms with Gasteiger partial charge in [0.05, 0.1) is 16.6 Å². The third-order valence-corrected chi connectivity index (χ3v) is 6.72. The molecule has 1 aliphatic rings. The Kier molecular flexibility index (Phi) is 6.99. The number of amides is 1. The van der Waals surface area contributed by atoms with Gasteiger partial charge in [-0.05, 0) is 60.0 Å². The summed E-state index contributed by atoms with van der Waals surface area (Å²) in [7, 11) is 0. The van der Waals surface area contributed by atoms with Crippen molar-refractivity contribution in [3.8, 4) is 5.75 Å². The fourth-order valence-electron chi connectivity index (χ4n) is 4.53. The summed E-state index contributed by atoms with van der Waals surface area (Å²) >= 11 is 5.99. The SMILES string of the molecule is Cc1cc(/C(O)=C2\C(=O)C(=O)N(c3ccc(F)c(Cl)c3)C2c2ccccc2)ccc1OCc1ccccc1. The molecule has 5 nitrogen and oxygen atoms in total. The average Bonchev–Trinajstić information content (AvgIpc) is 3.20. The van der Waals surface area contributed by atoms with Gasteiger partial charge in [-0.2, -0.15) is 0 Å². The molecule has 0 spiro atoms. The summed E-state index contributed by atoms with van der Waals surface area (Å²) in [6, 6.07) is 26.6. The number of halogens is 2. The number of aliphatic hydroxyl groups excluding tert-OH is 1. The molecule has 4 aromatic rings. The molecule has 1 amide bonds. The number of benzene rings is 4. The van der Waals surface area contributed by atoms with Crippen molar-refractivity contribution >= 4 is 34.7 Å². The van der Waals surface area contributed by atoms with E-state index in [0.717, 1.165) is 17.2 Å². The van der Waals surface area contributed by atoms with Gasteiger partial charge in [0, 0.05) is 11.3 Å². The Labute approximate surface area is 224 Å². The topological polar surface area (TPSA) is 66.8 Å². The van der Waals surface area contributed by atoms with Crippen LogP contribution in [0.5, 0.6) is 5.75 Å². The quantitative estimate of drug-likeness (QED) is 0.167. The van der Waals surface area contributed by atoms with E-state index < -0.39 is 23.5 Å². The number of nitrogens with zero attached hydrogens (tertiary/aromatic N) is 1. The van der Waals surface area contributed by atoms with E-state index in [1.807, 2.05) is 43.3 Å². The van der Waals surface area contributed by atoms with Crippen LogP contribution in [0.3, 0.4) is 0 Å². The number of carbonyl (C=O) groups is 2.